The number of unbranched alkanes of at least 4 members (excludes halogenated alkanes) is 1. The number of H-pyrrole nitrogens is 1. The van der Waals surface area contributed by atoms with Gasteiger partial charge >= 0.3 is 66.5 Å². The molecule has 3 atom stereocenters. The molecule has 36 nitrogen and oxygen atoms in total. The SMILES string of the molecule is COC(=O)c1nc(C(CCCCOS(C)(=O)=O)N(C)C(=O)OC(C)(C)C)[nH]c(=O)c1OS(C)(=O)=O.COC(=O)c1nc2n(c(=O)c1OS(C)(=O)=O)CCCCC2N(C)C(=O)OC(C)(C)C.COC(=O)c1nc2n(c(=O)c1OS(C)(=O)=O)CCCCC2N(C)C(=O)OC(C)(C)C. The number of rotatable bonds is 19. The number of hydrogen-bond acceptors (Lipinski definition) is 30. The Bertz CT molecular complexity index is 3820. The van der Waals surface area contributed by atoms with E-state index in [2.05, 4.69) is 38.3 Å². The Morgan fingerprint density at radius 3 is 1.20 bits per heavy atom. The molecule has 1 N–H and O–H groups in total. The molecule has 0 aromatic carbocycles. The molecule has 3 aromatic rings. The zero-order valence-electron chi connectivity index (χ0n) is 56.5. The van der Waals surface area contributed by atoms with E-state index in [-0.39, 0.29) is 50.0 Å². The predicted octanol–water partition coefficient (Wildman–Crippen LogP) is 3.87. The van der Waals surface area contributed by atoms with Crippen molar-refractivity contribution >= 4 is 76.7 Å². The summed E-state index contributed by atoms with van der Waals surface area (Å²) in [6.45, 7) is 15.7. The van der Waals surface area contributed by atoms with Crippen molar-refractivity contribution in [2.45, 2.75) is 168 Å². The van der Waals surface area contributed by atoms with Crippen LogP contribution in [-0.4, -0.2) is 205 Å². The van der Waals surface area contributed by atoms with Crippen molar-refractivity contribution < 1.29 is 108 Å². The van der Waals surface area contributed by atoms with E-state index in [0.29, 0.717) is 51.2 Å². The summed E-state index contributed by atoms with van der Waals surface area (Å²) in [4.78, 5) is 132. The summed E-state index contributed by atoms with van der Waals surface area (Å²) in [7, 11) is -8.49. The minimum Gasteiger partial charge on any atom is -0.464 e. The zero-order valence-corrected chi connectivity index (χ0v) is 59.7. The molecule has 536 valence electrons. The highest BCUT2D eigenvalue weighted by Crippen LogP contribution is 2.33. The molecule has 0 spiro atoms. The molecule has 0 aliphatic carbocycles. The van der Waals surface area contributed by atoms with Gasteiger partial charge in [-0.1, -0.05) is 0 Å². The lowest BCUT2D eigenvalue weighted by atomic mass is 10.1. The zero-order chi connectivity index (χ0) is 72.9. The van der Waals surface area contributed by atoms with Crippen molar-refractivity contribution in [2.24, 2.45) is 0 Å². The van der Waals surface area contributed by atoms with Gasteiger partial charge in [0.1, 0.15) is 34.3 Å². The summed E-state index contributed by atoms with van der Waals surface area (Å²) in [5.41, 5.74) is -6.91. The second-order valence-electron chi connectivity index (χ2n) is 24.5. The monoisotopic (exact) mass is 1430 g/mol. The van der Waals surface area contributed by atoms with Crippen molar-refractivity contribution in [3.63, 3.8) is 0 Å². The second-order valence-corrected chi connectivity index (χ2v) is 30.9. The molecule has 3 unspecified atom stereocenters. The number of ether oxygens (including phenoxy) is 6. The predicted molar refractivity (Wildman–Crippen MR) is 335 cm³/mol. The number of nitrogens with zero attached hydrogens (tertiary/aromatic N) is 8. The van der Waals surface area contributed by atoms with Gasteiger partial charge in [0.25, 0.3) is 26.8 Å². The van der Waals surface area contributed by atoms with Crippen LogP contribution in [0.5, 0.6) is 17.2 Å². The Morgan fingerprint density at radius 1 is 0.516 bits per heavy atom. The first-order valence-electron chi connectivity index (χ1n) is 28.9. The maximum atomic E-state index is 13.0. The van der Waals surface area contributed by atoms with E-state index in [0.717, 1.165) is 45.0 Å². The van der Waals surface area contributed by atoms with Crippen LogP contribution in [0.1, 0.15) is 187 Å². The van der Waals surface area contributed by atoms with Crippen LogP contribution >= 0.6 is 0 Å². The largest absolute Gasteiger partial charge is 0.464 e. The number of methoxy groups -OCH3 is 3. The minimum atomic E-state index is -4.20. The Balaban J connectivity index is 0.000000373. The first-order valence-corrected chi connectivity index (χ1v) is 36.2. The van der Waals surface area contributed by atoms with Gasteiger partial charge in [-0.05, 0) is 120 Å². The van der Waals surface area contributed by atoms with Crippen molar-refractivity contribution in [1.82, 2.24) is 43.8 Å². The van der Waals surface area contributed by atoms with E-state index in [1.54, 1.807) is 62.3 Å². The molecular formula is C55H85N9O27S4. The molecule has 2 aliphatic heterocycles. The minimum absolute atomic E-state index is 0.111. The molecule has 5 rings (SSSR count). The summed E-state index contributed by atoms with van der Waals surface area (Å²) in [5.74, 6) is -5.45. The van der Waals surface area contributed by atoms with E-state index in [1.807, 2.05) is 0 Å². The molecule has 5 heterocycles. The number of aromatic nitrogens is 6. The van der Waals surface area contributed by atoms with Gasteiger partial charge in [0.05, 0.1) is 71.1 Å². The maximum absolute atomic E-state index is 13.0. The molecule has 95 heavy (non-hydrogen) atoms. The highest BCUT2D eigenvalue weighted by molar-refractivity contribution is 7.87. The number of hydrogen-bond donors (Lipinski definition) is 1. The number of aromatic amines is 1. The van der Waals surface area contributed by atoms with E-state index >= 15 is 0 Å². The first-order chi connectivity index (χ1) is 43.3. The van der Waals surface area contributed by atoms with Crippen LogP contribution in [0.4, 0.5) is 14.4 Å². The second kappa shape index (κ2) is 32.6. The molecule has 0 bridgehead atoms. The van der Waals surface area contributed by atoms with E-state index < -0.39 is 163 Å². The van der Waals surface area contributed by atoms with Crippen LogP contribution < -0.4 is 29.2 Å². The number of carbonyl (C=O) groups is 6. The smallest absolute Gasteiger partial charge is 0.410 e. The third kappa shape index (κ3) is 25.3. The molecule has 2 aliphatic rings. The lowest BCUT2D eigenvalue weighted by Crippen LogP contribution is -2.39. The van der Waals surface area contributed by atoms with E-state index in [1.165, 1.54) is 40.1 Å². The topological polar surface area (TPSA) is 457 Å². The number of esters is 3. The first kappa shape index (κ1) is 81.3. The Morgan fingerprint density at radius 2 is 0.863 bits per heavy atom. The molecule has 40 heteroatoms. The van der Waals surface area contributed by atoms with Crippen LogP contribution in [0.25, 0.3) is 0 Å². The summed E-state index contributed by atoms with van der Waals surface area (Å²) >= 11 is 0. The van der Waals surface area contributed by atoms with Crippen LogP contribution in [0.2, 0.25) is 0 Å². The van der Waals surface area contributed by atoms with Gasteiger partial charge in [0.2, 0.25) is 17.2 Å². The fraction of sp³-hybridized carbons (Fsp3) is 0.673. The highest BCUT2D eigenvalue weighted by atomic mass is 32.2. The number of nitrogens with one attached hydrogen (secondary N) is 1. The lowest BCUT2D eigenvalue weighted by molar-refractivity contribution is 0.0191. The number of fused-ring (bicyclic) bond motifs is 2. The van der Waals surface area contributed by atoms with Crippen LogP contribution in [-0.2, 0) is 86.2 Å². The van der Waals surface area contributed by atoms with Crippen molar-refractivity contribution in [1.29, 1.82) is 0 Å². The fourth-order valence-corrected chi connectivity index (χ4v) is 10.6. The van der Waals surface area contributed by atoms with Crippen molar-refractivity contribution in [3.05, 3.63) is 65.6 Å². The molecule has 0 radical (unpaired) electrons. The Kier molecular flexibility index (Phi) is 27.9. The third-order valence-corrected chi connectivity index (χ3v) is 14.8. The van der Waals surface area contributed by atoms with Crippen LogP contribution in [0, 0.1) is 0 Å². The third-order valence-electron chi connectivity index (χ3n) is 12.8. The molecular weight excluding hydrogens is 1350 g/mol. The highest BCUT2D eigenvalue weighted by Gasteiger charge is 2.38. The van der Waals surface area contributed by atoms with Gasteiger partial charge in [-0.3, -0.25) is 27.7 Å². The fourth-order valence-electron chi connectivity index (χ4n) is 8.83. The molecule has 3 amide bonds. The van der Waals surface area contributed by atoms with Gasteiger partial charge in [-0.25, -0.2) is 43.7 Å². The molecule has 0 saturated carbocycles. The molecule has 0 saturated heterocycles. The van der Waals surface area contributed by atoms with Gasteiger partial charge in [0.15, 0.2) is 17.1 Å². The van der Waals surface area contributed by atoms with Crippen LogP contribution in [0.3, 0.4) is 0 Å². The summed E-state index contributed by atoms with van der Waals surface area (Å²) in [6, 6.07) is -2.32. The van der Waals surface area contributed by atoms with Gasteiger partial charge < -0.3 is 60.7 Å². The normalized spacial score (nSPS) is 15.4. The van der Waals surface area contributed by atoms with Gasteiger partial charge in [-0.2, -0.15) is 33.7 Å². The lowest BCUT2D eigenvalue weighted by Gasteiger charge is -2.30. The summed E-state index contributed by atoms with van der Waals surface area (Å²) in [5, 5.41) is 0. The summed E-state index contributed by atoms with van der Waals surface area (Å²) in [6.07, 6.45) is 5.25. The van der Waals surface area contributed by atoms with Gasteiger partial charge in [0, 0.05) is 34.2 Å². The van der Waals surface area contributed by atoms with E-state index in [9.17, 15) is 76.8 Å². The summed E-state index contributed by atoms with van der Waals surface area (Å²) < 4.78 is 143. The van der Waals surface area contributed by atoms with Crippen molar-refractivity contribution in [2.75, 3.05) is 74.1 Å². The van der Waals surface area contributed by atoms with Gasteiger partial charge in [-0.15, -0.1) is 0 Å². The number of amides is 3. The average molecular weight is 1430 g/mol. The van der Waals surface area contributed by atoms with Crippen LogP contribution in [0.15, 0.2) is 14.4 Å². The Hall–Kier alpha value is -7.98. The standard InChI is InChI=1S/C19H31N3O11S2.2C18H27N3O8S/c1-19(2,3)32-18(25)22(4)12(10-8-9-11-31-34(6,26)27)15-20-13(17(24)30-5)14(16(23)21-15)33-35(7,28)29;2*1-18(2,3)28-17(24)20(4)11-9-7-8-10-21-14(11)19-12(16(23)27-5)13(15(21)22)29-30(6,25)26/h12H,8-11H2,1-7H3,(H,20,21,23);2*11H,7-10H2,1-6H3. The maximum Gasteiger partial charge on any atom is 0.410 e. The molecule has 3 aromatic heterocycles. The van der Waals surface area contributed by atoms with E-state index in [4.69, 9.17) is 26.8 Å². The average Bonchev–Trinajstić information content (AvgIpc) is 1.73. The quantitative estimate of drug-likeness (QED) is 0.0770. The Labute approximate surface area is 550 Å². The molecule has 0 fully saturated rings. The van der Waals surface area contributed by atoms with Crippen molar-refractivity contribution in [3.8, 4) is 17.2 Å². The number of carbonyl (C=O) groups excluding carboxylic acids is 6.